The zero-order valence-corrected chi connectivity index (χ0v) is 57.0. The molecule has 0 aliphatic carbocycles. The van der Waals surface area contributed by atoms with Gasteiger partial charge in [-0.2, -0.15) is 0 Å². The molecule has 0 aromatic carbocycles. The van der Waals surface area contributed by atoms with Crippen LogP contribution in [0.2, 0.25) is 0 Å². The lowest BCUT2D eigenvalue weighted by Gasteiger charge is -2.48. The van der Waals surface area contributed by atoms with Crippen molar-refractivity contribution in [1.82, 2.24) is 5.32 Å². The van der Waals surface area contributed by atoms with Gasteiger partial charge in [0, 0.05) is 6.42 Å². The van der Waals surface area contributed by atoms with Gasteiger partial charge in [-0.3, -0.25) is 4.79 Å². The lowest BCUT2D eigenvalue weighted by Crippen LogP contribution is -2.66. The van der Waals surface area contributed by atoms with Gasteiger partial charge in [0.15, 0.2) is 18.9 Å². The summed E-state index contributed by atoms with van der Waals surface area (Å²) < 4.78 is 34.4. The van der Waals surface area contributed by atoms with Crippen LogP contribution in [0.5, 0.6) is 0 Å². The molecule has 17 atom stereocenters. The first kappa shape index (κ1) is 84.2. The molecule has 93 heavy (non-hydrogen) atoms. The van der Waals surface area contributed by atoms with E-state index in [2.05, 4.69) is 92.1 Å². The number of carbonyl (C=O) groups is 1. The highest BCUT2D eigenvalue weighted by Crippen LogP contribution is 2.33. The average Bonchev–Trinajstić information content (AvgIpc) is 0.814. The van der Waals surface area contributed by atoms with Crippen LogP contribution in [0.1, 0.15) is 245 Å². The molecule has 1 amide bonds. The number of aliphatic hydroxyl groups is 11. The van der Waals surface area contributed by atoms with Gasteiger partial charge < -0.3 is 89.9 Å². The number of ether oxygens (including phenoxy) is 6. The van der Waals surface area contributed by atoms with Crippen LogP contribution >= 0.6 is 0 Å². The molecule has 0 saturated carbocycles. The van der Waals surface area contributed by atoms with E-state index in [0.29, 0.717) is 12.8 Å². The quantitative estimate of drug-likeness (QED) is 0.0199. The Bertz CT molecular complexity index is 2010. The average molecular weight is 1320 g/mol. The summed E-state index contributed by atoms with van der Waals surface area (Å²) in [5.41, 5.74) is 0. The van der Waals surface area contributed by atoms with E-state index >= 15 is 0 Å². The van der Waals surface area contributed by atoms with Gasteiger partial charge in [0.2, 0.25) is 5.91 Å². The number of nitrogens with one attached hydrogen (secondary N) is 1. The van der Waals surface area contributed by atoms with Crippen molar-refractivity contribution < 1.29 is 89.4 Å². The third-order valence-electron chi connectivity index (χ3n) is 17.7. The molecule has 3 aliphatic heterocycles. The predicted molar refractivity (Wildman–Crippen MR) is 364 cm³/mol. The Morgan fingerprint density at radius 1 is 0.398 bits per heavy atom. The van der Waals surface area contributed by atoms with Crippen molar-refractivity contribution in [2.45, 2.75) is 349 Å². The van der Waals surface area contributed by atoms with Crippen molar-refractivity contribution in [1.29, 1.82) is 0 Å². The third-order valence-corrected chi connectivity index (χ3v) is 17.7. The number of hydrogen-bond donors (Lipinski definition) is 12. The van der Waals surface area contributed by atoms with Crippen molar-refractivity contribution in [3.63, 3.8) is 0 Å². The summed E-state index contributed by atoms with van der Waals surface area (Å²) in [5, 5.41) is 121. The maximum atomic E-state index is 13.4. The molecule has 3 aliphatic rings. The topological polar surface area (TPSA) is 307 Å². The van der Waals surface area contributed by atoms with Crippen molar-refractivity contribution >= 4 is 5.91 Å². The third kappa shape index (κ3) is 36.4. The van der Waals surface area contributed by atoms with Gasteiger partial charge in [-0.05, 0) is 77.0 Å². The van der Waals surface area contributed by atoms with Crippen LogP contribution in [-0.4, -0.2) is 193 Å². The summed E-state index contributed by atoms with van der Waals surface area (Å²) >= 11 is 0. The Kier molecular flexibility index (Phi) is 49.7. The van der Waals surface area contributed by atoms with Gasteiger partial charge in [-0.25, -0.2) is 0 Å². The molecule has 0 aromatic rings. The fraction of sp³-hybridized carbons (Fsp3) is 0.797. The SMILES string of the molecule is CC/C=C\C/C=C\C/C=C\C/C=C\C/C=C\CCCCCCCCCC(=O)NC(COC1OC(CO)C(OC2OC(CO)C(OC3OC(CO)C(O)C(O)C3O)C(O)C2O)C(O)C1O)C(O)/C=C/CC/C=C/CCCCCCCCCCCCCCCCCCCCC. The maximum absolute atomic E-state index is 13.4. The minimum atomic E-state index is -1.99. The molecule has 0 bridgehead atoms. The highest BCUT2D eigenvalue weighted by atomic mass is 16.8. The van der Waals surface area contributed by atoms with Gasteiger partial charge in [0.05, 0.1) is 38.6 Å². The van der Waals surface area contributed by atoms with Crippen LogP contribution in [0.15, 0.2) is 85.1 Å². The molecule has 0 aromatic heterocycles. The van der Waals surface area contributed by atoms with Crippen LogP contribution in [0.25, 0.3) is 0 Å². The van der Waals surface area contributed by atoms with Gasteiger partial charge in [0.1, 0.15) is 73.2 Å². The van der Waals surface area contributed by atoms with E-state index in [1.165, 1.54) is 116 Å². The lowest BCUT2D eigenvalue weighted by molar-refractivity contribution is -0.379. The summed E-state index contributed by atoms with van der Waals surface area (Å²) in [7, 11) is 0. The molecule has 3 rings (SSSR count). The van der Waals surface area contributed by atoms with Crippen molar-refractivity contribution in [2.75, 3.05) is 26.4 Å². The van der Waals surface area contributed by atoms with Gasteiger partial charge in [0.25, 0.3) is 0 Å². The minimum Gasteiger partial charge on any atom is -0.394 e. The molecule has 19 heteroatoms. The first-order valence-corrected chi connectivity index (χ1v) is 36.3. The number of aliphatic hydroxyl groups excluding tert-OH is 11. The monoisotopic (exact) mass is 1320 g/mol. The minimum absolute atomic E-state index is 0.218. The fourth-order valence-electron chi connectivity index (χ4n) is 11.8. The van der Waals surface area contributed by atoms with Crippen molar-refractivity contribution in [2.24, 2.45) is 0 Å². The first-order chi connectivity index (χ1) is 45.3. The van der Waals surface area contributed by atoms with Crippen LogP contribution in [0.4, 0.5) is 0 Å². The second-order valence-corrected chi connectivity index (χ2v) is 25.7. The predicted octanol–water partition coefficient (Wildman–Crippen LogP) is 10.3. The van der Waals surface area contributed by atoms with Gasteiger partial charge in [-0.1, -0.05) is 247 Å². The van der Waals surface area contributed by atoms with Gasteiger partial charge >= 0.3 is 0 Å². The largest absolute Gasteiger partial charge is 0.394 e. The van der Waals surface area contributed by atoms with Crippen molar-refractivity contribution in [3.05, 3.63) is 85.1 Å². The van der Waals surface area contributed by atoms with Crippen LogP contribution in [0.3, 0.4) is 0 Å². The zero-order valence-electron chi connectivity index (χ0n) is 57.0. The summed E-state index contributed by atoms with van der Waals surface area (Å²) in [6.45, 7) is 1.60. The standard InChI is InChI=1S/C74H129NO18/c1-3-5-7-9-11-13-15-17-19-21-23-25-27-28-30-31-33-35-37-39-41-43-45-47-49-51-58(79)57(75-62(80)52-50-48-46-44-42-40-38-36-34-32-29-26-24-22-20-18-16-14-12-10-8-6-4-2)56-88-72-68(86)65(83)70(60(54-77)90-72)93-74-69(87)66(84)71(61(55-78)91-74)92-73-67(85)64(82)63(81)59(53-76)89-73/h6,8,12,14,18,20,24,26,32,34,41,43,49,51,57-61,63-74,76-79,81-87H,3-5,7,9-11,13,15-17,19,21-23,25,27-31,33,35-40,42,44-48,50,52-56H2,1-2H3,(H,75,80)/b8-6-,14-12-,20-18-,26-24-,34-32-,43-41+,51-49+. The molecular weight excluding hydrogens is 1190 g/mol. The van der Waals surface area contributed by atoms with E-state index in [-0.39, 0.29) is 18.9 Å². The molecule has 19 nitrogen and oxygen atoms in total. The number of rotatable bonds is 55. The van der Waals surface area contributed by atoms with E-state index in [1.54, 1.807) is 6.08 Å². The first-order valence-electron chi connectivity index (χ1n) is 36.3. The number of unbranched alkanes of at least 4 members (excludes halogenated alkanes) is 27. The van der Waals surface area contributed by atoms with Crippen LogP contribution in [-0.2, 0) is 33.2 Å². The molecule has 3 fully saturated rings. The van der Waals surface area contributed by atoms with Crippen molar-refractivity contribution in [3.8, 4) is 0 Å². The number of carbonyl (C=O) groups excluding carboxylic acids is 1. The Balaban J connectivity index is 1.45. The molecule has 0 spiro atoms. The summed E-state index contributed by atoms with van der Waals surface area (Å²) in [6, 6.07) is -1.00. The summed E-state index contributed by atoms with van der Waals surface area (Å²) in [4.78, 5) is 13.4. The van der Waals surface area contributed by atoms with E-state index in [1.807, 2.05) is 6.08 Å². The fourth-order valence-corrected chi connectivity index (χ4v) is 11.8. The molecule has 17 unspecified atom stereocenters. The highest BCUT2D eigenvalue weighted by Gasteiger charge is 2.53. The number of hydrogen-bond acceptors (Lipinski definition) is 18. The van der Waals surface area contributed by atoms with Crippen LogP contribution in [0, 0.1) is 0 Å². The van der Waals surface area contributed by atoms with E-state index in [9.17, 15) is 61.0 Å². The van der Waals surface area contributed by atoms with Gasteiger partial charge in [-0.15, -0.1) is 0 Å². The Hall–Kier alpha value is -3.03. The molecule has 538 valence electrons. The Morgan fingerprint density at radius 3 is 1.20 bits per heavy atom. The summed E-state index contributed by atoms with van der Waals surface area (Å²) in [5.74, 6) is -0.298. The van der Waals surface area contributed by atoms with Crippen LogP contribution < -0.4 is 5.32 Å². The second kappa shape index (κ2) is 54.9. The lowest BCUT2D eigenvalue weighted by atomic mass is 9.96. The molecule has 0 radical (unpaired) electrons. The second-order valence-electron chi connectivity index (χ2n) is 25.7. The van der Waals surface area contributed by atoms with E-state index in [4.69, 9.17) is 28.4 Å². The maximum Gasteiger partial charge on any atom is 0.220 e. The molecule has 3 heterocycles. The number of amides is 1. The number of allylic oxidation sites excluding steroid dienone is 13. The van der Waals surface area contributed by atoms with E-state index in [0.717, 1.165) is 96.3 Å². The molecular formula is C74H129NO18. The van der Waals surface area contributed by atoms with E-state index < -0.39 is 124 Å². The Labute approximate surface area is 559 Å². The normalized spacial score (nSPS) is 28.0. The smallest absolute Gasteiger partial charge is 0.220 e. The summed E-state index contributed by atoms with van der Waals surface area (Å²) in [6.07, 6.45) is 44.1. The Morgan fingerprint density at radius 2 is 0.753 bits per heavy atom. The zero-order chi connectivity index (χ0) is 67.5. The molecule has 3 saturated heterocycles. The highest BCUT2D eigenvalue weighted by molar-refractivity contribution is 5.76. The molecule has 12 N–H and O–H groups in total.